The molecular formula is C13H26N2O2S. The molecule has 0 aliphatic carbocycles. The number of hydrogen-bond acceptors (Lipinski definition) is 4. The fraction of sp³-hybridized carbons (Fsp3) is 1.00. The molecule has 2 aliphatic rings. The predicted molar refractivity (Wildman–Crippen MR) is 74.5 cm³/mol. The van der Waals surface area contributed by atoms with E-state index in [1.54, 1.807) is 0 Å². The van der Waals surface area contributed by atoms with Crippen molar-refractivity contribution >= 4 is 9.84 Å². The summed E-state index contributed by atoms with van der Waals surface area (Å²) < 4.78 is 22.4. The highest BCUT2D eigenvalue weighted by molar-refractivity contribution is 7.90. The van der Waals surface area contributed by atoms with E-state index in [1.165, 1.54) is 31.9 Å². The lowest BCUT2D eigenvalue weighted by Crippen LogP contribution is -2.44. The zero-order chi connectivity index (χ0) is 13.3. The number of nitrogens with one attached hydrogen (secondary N) is 1. The van der Waals surface area contributed by atoms with Crippen molar-refractivity contribution in [3.63, 3.8) is 0 Å². The molecule has 2 aliphatic heterocycles. The highest BCUT2D eigenvalue weighted by atomic mass is 32.2. The Balaban J connectivity index is 1.75. The Morgan fingerprint density at radius 3 is 2.33 bits per heavy atom. The van der Waals surface area contributed by atoms with E-state index in [0.29, 0.717) is 0 Å². The van der Waals surface area contributed by atoms with E-state index in [0.717, 1.165) is 24.5 Å². The highest BCUT2D eigenvalue weighted by Gasteiger charge is 2.38. The molecule has 0 radical (unpaired) electrons. The average Bonchev–Trinajstić information content (AvgIpc) is 2.50. The normalized spacial score (nSPS) is 34.7. The first kappa shape index (κ1) is 14.3. The summed E-state index contributed by atoms with van der Waals surface area (Å²) in [6.45, 7) is 2.93. The van der Waals surface area contributed by atoms with E-state index >= 15 is 0 Å². The van der Waals surface area contributed by atoms with Crippen LogP contribution in [-0.2, 0) is 9.84 Å². The van der Waals surface area contributed by atoms with Crippen LogP contribution in [0.5, 0.6) is 0 Å². The van der Waals surface area contributed by atoms with E-state index in [9.17, 15) is 8.42 Å². The Labute approximate surface area is 111 Å². The van der Waals surface area contributed by atoms with Crippen LogP contribution in [0.25, 0.3) is 0 Å². The maximum Gasteiger partial charge on any atom is 0.148 e. The Kier molecular flexibility index (Phi) is 4.34. The van der Waals surface area contributed by atoms with Crippen molar-refractivity contribution < 1.29 is 8.42 Å². The summed E-state index contributed by atoms with van der Waals surface area (Å²) >= 11 is 0. The van der Waals surface area contributed by atoms with Gasteiger partial charge in [-0.15, -0.1) is 0 Å². The average molecular weight is 274 g/mol. The Morgan fingerprint density at radius 2 is 1.83 bits per heavy atom. The molecule has 0 aromatic rings. The fourth-order valence-corrected chi connectivity index (χ4v) is 4.60. The number of sulfone groups is 1. The van der Waals surface area contributed by atoms with Crippen molar-refractivity contribution in [1.82, 2.24) is 10.2 Å². The summed E-state index contributed by atoms with van der Waals surface area (Å²) in [5, 5.41) is 3.39. The van der Waals surface area contributed by atoms with E-state index in [4.69, 9.17) is 0 Å². The van der Waals surface area contributed by atoms with Gasteiger partial charge in [0, 0.05) is 24.4 Å². The van der Waals surface area contributed by atoms with Gasteiger partial charge < -0.3 is 10.2 Å². The maximum absolute atomic E-state index is 11.2. The van der Waals surface area contributed by atoms with Crippen LogP contribution in [0.3, 0.4) is 0 Å². The third kappa shape index (κ3) is 3.68. The molecule has 2 rings (SSSR count). The van der Waals surface area contributed by atoms with E-state index < -0.39 is 9.84 Å². The zero-order valence-electron chi connectivity index (χ0n) is 11.7. The lowest BCUT2D eigenvalue weighted by atomic mass is 9.91. The van der Waals surface area contributed by atoms with Crippen LogP contribution in [0.4, 0.5) is 0 Å². The smallest absolute Gasteiger partial charge is 0.148 e. The van der Waals surface area contributed by atoms with Crippen LogP contribution in [-0.4, -0.2) is 57.0 Å². The van der Waals surface area contributed by atoms with Gasteiger partial charge in [0.05, 0.1) is 5.75 Å². The Bertz CT molecular complexity index is 368. The highest BCUT2D eigenvalue weighted by Crippen LogP contribution is 2.36. The summed E-state index contributed by atoms with van der Waals surface area (Å²) in [6, 6.07) is 1.60. The number of fused-ring (bicyclic) bond motifs is 2. The molecule has 2 fully saturated rings. The molecule has 0 aromatic heterocycles. The second kappa shape index (κ2) is 5.47. The molecule has 5 heteroatoms. The molecule has 1 N–H and O–H groups in total. The second-order valence-electron chi connectivity index (χ2n) is 6.29. The van der Waals surface area contributed by atoms with Gasteiger partial charge in [0.15, 0.2) is 0 Å². The molecule has 0 spiro atoms. The summed E-state index contributed by atoms with van der Waals surface area (Å²) in [5.74, 6) is 0.965. The first-order valence-electron chi connectivity index (χ1n) is 6.98. The molecule has 4 nitrogen and oxygen atoms in total. The molecule has 18 heavy (non-hydrogen) atoms. The predicted octanol–water partition coefficient (Wildman–Crippen LogP) is 0.882. The molecule has 3 atom stereocenters. The zero-order valence-corrected chi connectivity index (χ0v) is 12.5. The Hall–Kier alpha value is -0.130. The molecule has 2 saturated heterocycles. The minimum Gasteiger partial charge on any atom is -0.313 e. The van der Waals surface area contributed by atoms with Crippen LogP contribution in [0.2, 0.25) is 0 Å². The summed E-state index contributed by atoms with van der Waals surface area (Å²) in [6.07, 6.45) is 6.53. The molecular weight excluding hydrogens is 248 g/mol. The van der Waals surface area contributed by atoms with Gasteiger partial charge in [0.1, 0.15) is 9.84 Å². The lowest BCUT2D eigenvalue weighted by molar-refractivity contribution is 0.132. The fourth-order valence-electron chi connectivity index (χ4n) is 3.57. The van der Waals surface area contributed by atoms with Gasteiger partial charge in [-0.05, 0) is 52.1 Å². The van der Waals surface area contributed by atoms with Crippen molar-refractivity contribution in [3.05, 3.63) is 0 Å². The number of rotatable bonds is 5. The Morgan fingerprint density at radius 1 is 1.28 bits per heavy atom. The van der Waals surface area contributed by atoms with E-state index in [2.05, 4.69) is 17.3 Å². The van der Waals surface area contributed by atoms with Crippen molar-refractivity contribution in [1.29, 1.82) is 0 Å². The van der Waals surface area contributed by atoms with Gasteiger partial charge in [-0.2, -0.15) is 0 Å². The SMILES string of the molecule is CC(CS(C)(=O)=O)NCC1CC2CCC(C1)N2C. The second-order valence-corrected chi connectivity index (χ2v) is 8.47. The molecule has 0 saturated carbocycles. The van der Waals surface area contributed by atoms with E-state index in [-0.39, 0.29) is 11.8 Å². The van der Waals surface area contributed by atoms with Crippen LogP contribution >= 0.6 is 0 Å². The van der Waals surface area contributed by atoms with Gasteiger partial charge in [0.2, 0.25) is 0 Å². The largest absolute Gasteiger partial charge is 0.313 e. The quantitative estimate of drug-likeness (QED) is 0.808. The summed E-state index contributed by atoms with van der Waals surface area (Å²) in [7, 11) is -0.617. The molecule has 2 heterocycles. The van der Waals surface area contributed by atoms with Crippen molar-refractivity contribution in [2.45, 2.75) is 50.7 Å². The van der Waals surface area contributed by atoms with Crippen LogP contribution in [0, 0.1) is 5.92 Å². The number of piperidine rings is 1. The topological polar surface area (TPSA) is 49.4 Å². The van der Waals surface area contributed by atoms with Crippen LogP contribution in [0.15, 0.2) is 0 Å². The molecule has 0 aromatic carbocycles. The number of nitrogens with zero attached hydrogens (tertiary/aromatic N) is 1. The van der Waals surface area contributed by atoms with E-state index in [1.807, 2.05) is 6.92 Å². The molecule has 106 valence electrons. The van der Waals surface area contributed by atoms with Crippen LogP contribution in [0.1, 0.15) is 32.6 Å². The molecule has 2 bridgehead atoms. The summed E-state index contributed by atoms with van der Waals surface area (Å²) in [5.41, 5.74) is 0. The van der Waals surface area contributed by atoms with Gasteiger partial charge >= 0.3 is 0 Å². The van der Waals surface area contributed by atoms with Crippen LogP contribution < -0.4 is 5.32 Å². The van der Waals surface area contributed by atoms with Crippen molar-refractivity contribution in [2.24, 2.45) is 5.92 Å². The van der Waals surface area contributed by atoms with Crippen molar-refractivity contribution in [2.75, 3.05) is 25.6 Å². The molecule has 0 amide bonds. The molecule has 3 unspecified atom stereocenters. The van der Waals surface area contributed by atoms with Gasteiger partial charge in [-0.25, -0.2) is 8.42 Å². The summed E-state index contributed by atoms with van der Waals surface area (Å²) in [4.78, 5) is 2.54. The first-order valence-corrected chi connectivity index (χ1v) is 9.04. The van der Waals surface area contributed by atoms with Gasteiger partial charge in [0.25, 0.3) is 0 Å². The monoisotopic (exact) mass is 274 g/mol. The first-order chi connectivity index (χ1) is 8.35. The van der Waals surface area contributed by atoms with Gasteiger partial charge in [-0.1, -0.05) is 0 Å². The standard InChI is InChI=1S/C13H26N2O2S/c1-10(9-18(3,16)17)14-8-11-6-12-4-5-13(7-11)15(12)2/h10-14H,4-9H2,1-3H3. The maximum atomic E-state index is 11.2. The third-order valence-corrected chi connectivity index (χ3v) is 5.61. The van der Waals surface area contributed by atoms with Gasteiger partial charge in [-0.3, -0.25) is 0 Å². The third-order valence-electron chi connectivity index (χ3n) is 4.50. The minimum atomic E-state index is -2.86. The van der Waals surface area contributed by atoms with Crippen molar-refractivity contribution in [3.8, 4) is 0 Å². The number of hydrogen-bond donors (Lipinski definition) is 1. The minimum absolute atomic E-state index is 0.0670. The lowest BCUT2D eigenvalue weighted by Gasteiger charge is -2.36.